The van der Waals surface area contributed by atoms with E-state index in [9.17, 15) is 9.59 Å². The van der Waals surface area contributed by atoms with Crippen LogP contribution in [0.5, 0.6) is 0 Å². The monoisotopic (exact) mass is 323 g/mol. The topological polar surface area (TPSA) is 139 Å². The maximum Gasteiger partial charge on any atom is 0.475 e. The summed E-state index contributed by atoms with van der Waals surface area (Å²) in [5, 5.41) is 31.6. The molecule has 0 saturated heterocycles. The average Bonchev–Trinajstić information content (AvgIpc) is 2.57. The van der Waals surface area contributed by atoms with Crippen LogP contribution in [0.15, 0.2) is 53.6 Å². The van der Waals surface area contributed by atoms with Gasteiger partial charge in [0.2, 0.25) is 5.39 Å². The van der Waals surface area contributed by atoms with E-state index in [0.717, 1.165) is 10.4 Å². The molecule has 0 aliphatic rings. The molecule has 0 aliphatic carbocycles. The predicted octanol–water partition coefficient (Wildman–Crippen LogP) is 1.24. The van der Waals surface area contributed by atoms with Gasteiger partial charge < -0.3 is 10.2 Å². The molecule has 118 valence electrons. The lowest BCUT2D eigenvalue weighted by Crippen LogP contribution is -2.11. The van der Waals surface area contributed by atoms with Crippen molar-refractivity contribution in [2.24, 2.45) is 5.11 Å². The largest absolute Gasteiger partial charge is 0.476 e. The Morgan fingerprint density at radius 1 is 0.875 bits per heavy atom. The second kappa shape index (κ2) is 6.93. The third-order valence-corrected chi connectivity index (χ3v) is 3.27. The van der Waals surface area contributed by atoms with Gasteiger partial charge in [-0.15, -0.1) is 0 Å². The Bertz CT molecular complexity index is 1050. The molecule has 0 bridgehead atoms. The number of carbonyl (C=O) groups is 2. The van der Waals surface area contributed by atoms with Crippen LogP contribution in [0.25, 0.3) is 16.4 Å². The Labute approximate surface area is 134 Å². The van der Waals surface area contributed by atoms with E-state index in [1.807, 2.05) is 0 Å². The molecule has 0 amide bonds. The highest BCUT2D eigenvalue weighted by atomic mass is 16.4. The Morgan fingerprint density at radius 3 is 1.67 bits per heavy atom. The van der Waals surface area contributed by atoms with Crippen molar-refractivity contribution in [2.45, 2.75) is 0 Å². The summed E-state index contributed by atoms with van der Waals surface area (Å²) in [7, 11) is 0. The zero-order valence-corrected chi connectivity index (χ0v) is 12.2. The van der Waals surface area contributed by atoms with Gasteiger partial charge in [0.25, 0.3) is 0 Å². The first-order valence-electron chi connectivity index (χ1n) is 6.62. The minimum absolute atomic E-state index is 0.250. The van der Waals surface area contributed by atoms with E-state index in [4.69, 9.17) is 21.1 Å². The van der Waals surface area contributed by atoms with E-state index in [0.29, 0.717) is 5.22 Å². The van der Waals surface area contributed by atoms with Crippen molar-refractivity contribution in [3.8, 4) is 0 Å². The van der Waals surface area contributed by atoms with Gasteiger partial charge in [0.15, 0.2) is 10.7 Å². The second-order valence-electron chi connectivity index (χ2n) is 4.67. The van der Waals surface area contributed by atoms with Crippen molar-refractivity contribution < 1.29 is 19.8 Å². The summed E-state index contributed by atoms with van der Waals surface area (Å²) in [5.74, 6) is -2.63. The SMILES string of the molecule is N#[N+]C(C(=O)O)=c1ccc(=c2ccc(=C(N=N)C(=O)O)cc2)cc1. The Kier molecular flexibility index (Phi) is 4.77. The molecular weight excluding hydrogens is 312 g/mol. The number of hydrogen-bond donors (Lipinski definition) is 3. The molecule has 24 heavy (non-hydrogen) atoms. The minimum atomic E-state index is -1.34. The summed E-state index contributed by atoms with van der Waals surface area (Å²) >= 11 is 0. The van der Waals surface area contributed by atoms with Gasteiger partial charge >= 0.3 is 17.6 Å². The zero-order chi connectivity index (χ0) is 17.7. The van der Waals surface area contributed by atoms with Crippen LogP contribution in [-0.4, -0.2) is 22.2 Å². The number of diazo groups is 1. The third-order valence-electron chi connectivity index (χ3n) is 3.27. The van der Waals surface area contributed by atoms with Crippen LogP contribution in [0.2, 0.25) is 0 Å². The quantitative estimate of drug-likeness (QED) is 0.576. The highest BCUT2D eigenvalue weighted by Crippen LogP contribution is 1.99. The second-order valence-corrected chi connectivity index (χ2v) is 4.67. The van der Waals surface area contributed by atoms with Gasteiger partial charge in [0.05, 0.1) is 5.22 Å². The number of carboxylic acid groups (broad SMARTS) is 2. The van der Waals surface area contributed by atoms with E-state index in [2.05, 4.69) is 10.1 Å². The van der Waals surface area contributed by atoms with Crippen molar-refractivity contribution in [3.63, 3.8) is 0 Å². The Balaban J connectivity index is 2.68. The summed E-state index contributed by atoms with van der Waals surface area (Å²) < 4.78 is 0. The number of hydrogen-bond acceptors (Lipinski definition) is 5. The number of nitrogens with zero attached hydrogens (tertiary/aromatic N) is 3. The number of aliphatic carboxylic acids is 2. The van der Waals surface area contributed by atoms with Crippen LogP contribution in [0, 0.1) is 21.4 Å². The summed E-state index contributed by atoms with van der Waals surface area (Å²) in [6.07, 6.45) is 0. The lowest BCUT2D eigenvalue weighted by molar-refractivity contribution is -0.131. The minimum Gasteiger partial charge on any atom is -0.476 e. The molecule has 0 spiro atoms. The van der Waals surface area contributed by atoms with Crippen LogP contribution >= 0.6 is 0 Å². The van der Waals surface area contributed by atoms with Crippen LogP contribution in [0.1, 0.15) is 0 Å². The first kappa shape index (κ1) is 16.5. The lowest BCUT2D eigenvalue weighted by Gasteiger charge is -1.93. The van der Waals surface area contributed by atoms with E-state index in [1.54, 1.807) is 24.3 Å². The average molecular weight is 323 g/mol. The highest BCUT2D eigenvalue weighted by Gasteiger charge is 2.21. The number of nitrogens with one attached hydrogen (secondary N) is 1. The molecule has 8 heteroatoms. The number of rotatable bonds is 3. The smallest absolute Gasteiger partial charge is 0.475 e. The molecule has 0 aromatic heterocycles. The van der Waals surface area contributed by atoms with Crippen molar-refractivity contribution in [2.75, 3.05) is 0 Å². The van der Waals surface area contributed by atoms with Crippen LogP contribution < -0.4 is 10.4 Å². The molecule has 0 saturated carbocycles. The first-order chi connectivity index (χ1) is 11.5. The van der Waals surface area contributed by atoms with Crippen LogP contribution in [0.3, 0.4) is 0 Å². The Morgan fingerprint density at radius 2 is 1.33 bits per heavy atom. The molecule has 2 aromatic rings. The highest BCUT2D eigenvalue weighted by molar-refractivity contribution is 6.10. The molecule has 3 N–H and O–H groups in total. The van der Waals surface area contributed by atoms with Crippen molar-refractivity contribution in [3.05, 3.63) is 74.4 Å². The van der Waals surface area contributed by atoms with Gasteiger partial charge in [-0.25, -0.2) is 15.1 Å². The molecule has 2 rings (SSSR count). The van der Waals surface area contributed by atoms with Crippen molar-refractivity contribution >= 4 is 23.3 Å². The normalized spacial score (nSPS) is 9.62. The molecule has 8 nitrogen and oxygen atoms in total. The lowest BCUT2D eigenvalue weighted by atomic mass is 10.1. The Hall–Kier alpha value is -3.86. The molecule has 0 atom stereocenters. The van der Waals surface area contributed by atoms with E-state index < -0.39 is 17.6 Å². The summed E-state index contributed by atoms with van der Waals surface area (Å²) in [6.45, 7) is 0. The van der Waals surface area contributed by atoms with Gasteiger partial charge in [0.1, 0.15) is 0 Å². The van der Waals surface area contributed by atoms with Gasteiger partial charge in [-0.2, -0.15) is 5.11 Å². The van der Waals surface area contributed by atoms with Gasteiger partial charge in [-0.3, -0.25) is 0 Å². The number of benzene rings is 2. The summed E-state index contributed by atoms with van der Waals surface area (Å²) in [5.41, 5.74) is 6.07. The predicted molar refractivity (Wildman–Crippen MR) is 82.1 cm³/mol. The summed E-state index contributed by atoms with van der Waals surface area (Å²) in [4.78, 5) is 24.6. The first-order valence-corrected chi connectivity index (χ1v) is 6.62. The number of carboxylic acids is 2. The standard InChI is InChI=1S/C16H10N4O4/c17-19-13(15(21)22)11-5-1-9(2-6-11)10-3-7-12(8-4-10)14(20-18)16(23)24/h1-8,17H,(H-,21,22,23,24)/p+1. The van der Waals surface area contributed by atoms with Crippen LogP contribution in [0.4, 0.5) is 0 Å². The third kappa shape index (κ3) is 3.31. The fourth-order valence-electron chi connectivity index (χ4n) is 2.10. The van der Waals surface area contributed by atoms with E-state index in [1.165, 1.54) is 24.3 Å². The molecular formula is C16H11N4O4+. The molecule has 0 unspecified atom stereocenters. The summed E-state index contributed by atoms with van der Waals surface area (Å²) in [6, 6.07) is 12.7. The molecule has 0 fully saturated rings. The van der Waals surface area contributed by atoms with Gasteiger partial charge in [-0.1, -0.05) is 36.4 Å². The van der Waals surface area contributed by atoms with E-state index in [-0.39, 0.29) is 10.9 Å². The van der Waals surface area contributed by atoms with E-state index >= 15 is 0 Å². The fraction of sp³-hybridized carbons (Fsp3) is 0. The van der Waals surface area contributed by atoms with Gasteiger partial charge in [-0.05, 0) is 22.6 Å². The van der Waals surface area contributed by atoms with Gasteiger partial charge in [0, 0.05) is 5.22 Å². The van der Waals surface area contributed by atoms with Crippen molar-refractivity contribution in [1.82, 2.24) is 0 Å². The van der Waals surface area contributed by atoms with Crippen LogP contribution in [-0.2, 0) is 9.59 Å². The fourth-order valence-corrected chi connectivity index (χ4v) is 2.10. The molecule has 2 aromatic carbocycles. The van der Waals surface area contributed by atoms with Crippen molar-refractivity contribution in [1.29, 1.82) is 10.9 Å². The zero-order valence-electron chi connectivity index (χ0n) is 12.2. The molecule has 0 radical (unpaired) electrons. The molecule has 0 aliphatic heterocycles. The molecule has 0 heterocycles. The maximum absolute atomic E-state index is 10.9. The maximum atomic E-state index is 10.9.